The zero-order valence-electron chi connectivity index (χ0n) is 9.87. The van der Waals surface area contributed by atoms with Crippen LogP contribution in [0.25, 0.3) is 0 Å². The molecular formula is C12H15ClN2O2. The molecule has 0 saturated carbocycles. The summed E-state index contributed by atoms with van der Waals surface area (Å²) in [6.07, 6.45) is 0. The third-order valence-corrected chi connectivity index (χ3v) is 2.52. The molecule has 0 aliphatic rings. The van der Waals surface area contributed by atoms with Crippen molar-refractivity contribution in [3.05, 3.63) is 34.3 Å². The molecule has 1 rings (SSSR count). The number of nitrogens with two attached hydrogens (primary N) is 1. The second-order valence-corrected chi connectivity index (χ2v) is 4.24. The number of rotatable bonds is 4. The molecule has 0 saturated heterocycles. The van der Waals surface area contributed by atoms with Gasteiger partial charge in [0.15, 0.2) is 0 Å². The highest BCUT2D eigenvalue weighted by atomic mass is 35.5. The summed E-state index contributed by atoms with van der Waals surface area (Å²) < 4.78 is 0. The third kappa shape index (κ3) is 3.75. The van der Waals surface area contributed by atoms with Crippen LogP contribution in [0.15, 0.2) is 18.2 Å². The molecule has 5 heteroatoms. The van der Waals surface area contributed by atoms with Crippen LogP contribution in [0.1, 0.15) is 22.8 Å². The van der Waals surface area contributed by atoms with Gasteiger partial charge in [-0.25, -0.2) is 0 Å². The predicted molar refractivity (Wildman–Crippen MR) is 67.0 cm³/mol. The Balaban J connectivity index is 2.97. The standard InChI is InChI=1S/C12H15ClN2O2/c1-3-15(7-11(14)16)12(17)9-4-8(2)5-10(13)6-9/h4-6H,3,7H2,1-2H3,(H2,14,16). The molecule has 4 nitrogen and oxygen atoms in total. The summed E-state index contributed by atoms with van der Waals surface area (Å²) >= 11 is 5.89. The minimum atomic E-state index is -0.529. The molecule has 0 unspecified atom stereocenters. The first kappa shape index (κ1) is 13.5. The molecule has 0 aliphatic heterocycles. The molecule has 2 amide bonds. The number of carbonyl (C=O) groups excluding carboxylic acids is 2. The SMILES string of the molecule is CCN(CC(N)=O)C(=O)c1cc(C)cc(Cl)c1. The molecule has 0 aliphatic carbocycles. The fourth-order valence-electron chi connectivity index (χ4n) is 1.56. The quantitative estimate of drug-likeness (QED) is 0.887. The van der Waals surface area contributed by atoms with Crippen LogP contribution in [0, 0.1) is 6.92 Å². The maximum Gasteiger partial charge on any atom is 0.254 e. The Bertz CT molecular complexity index is 426. The average molecular weight is 255 g/mol. The highest BCUT2D eigenvalue weighted by Gasteiger charge is 2.16. The number of benzene rings is 1. The first-order chi connectivity index (χ1) is 7.93. The molecule has 0 aromatic heterocycles. The Hall–Kier alpha value is -1.55. The van der Waals surface area contributed by atoms with E-state index in [2.05, 4.69) is 0 Å². The van der Waals surface area contributed by atoms with E-state index in [0.717, 1.165) is 5.56 Å². The van der Waals surface area contributed by atoms with Gasteiger partial charge < -0.3 is 10.6 Å². The molecule has 0 heterocycles. The molecule has 0 bridgehead atoms. The van der Waals surface area contributed by atoms with E-state index in [4.69, 9.17) is 17.3 Å². The normalized spacial score (nSPS) is 10.1. The van der Waals surface area contributed by atoms with Gasteiger partial charge >= 0.3 is 0 Å². The number of hydrogen-bond acceptors (Lipinski definition) is 2. The number of hydrogen-bond donors (Lipinski definition) is 1. The van der Waals surface area contributed by atoms with Crippen LogP contribution in [-0.4, -0.2) is 29.8 Å². The third-order valence-electron chi connectivity index (χ3n) is 2.30. The van der Waals surface area contributed by atoms with Crippen molar-refractivity contribution < 1.29 is 9.59 Å². The molecule has 0 radical (unpaired) electrons. The van der Waals surface area contributed by atoms with E-state index >= 15 is 0 Å². The van der Waals surface area contributed by atoms with Gasteiger partial charge in [-0.15, -0.1) is 0 Å². The van der Waals surface area contributed by atoms with E-state index in [0.29, 0.717) is 17.1 Å². The molecule has 2 N–H and O–H groups in total. The van der Waals surface area contributed by atoms with Crippen molar-refractivity contribution in [3.63, 3.8) is 0 Å². The summed E-state index contributed by atoms with van der Waals surface area (Å²) in [5.41, 5.74) is 6.46. The number of likely N-dealkylation sites (N-methyl/N-ethyl adjacent to an activating group) is 1. The van der Waals surface area contributed by atoms with E-state index in [1.54, 1.807) is 25.1 Å². The fraction of sp³-hybridized carbons (Fsp3) is 0.333. The van der Waals surface area contributed by atoms with Gasteiger partial charge in [-0.05, 0) is 37.6 Å². The van der Waals surface area contributed by atoms with Crippen LogP contribution < -0.4 is 5.73 Å². The van der Waals surface area contributed by atoms with Crippen molar-refractivity contribution in [2.24, 2.45) is 5.73 Å². The number of nitrogens with zero attached hydrogens (tertiary/aromatic N) is 1. The first-order valence-electron chi connectivity index (χ1n) is 5.28. The molecule has 1 aromatic rings. The van der Waals surface area contributed by atoms with Gasteiger partial charge in [0, 0.05) is 17.1 Å². The first-order valence-corrected chi connectivity index (χ1v) is 5.66. The highest BCUT2D eigenvalue weighted by Crippen LogP contribution is 2.16. The van der Waals surface area contributed by atoms with Gasteiger partial charge in [-0.3, -0.25) is 9.59 Å². The average Bonchev–Trinajstić information content (AvgIpc) is 2.23. The molecule has 0 spiro atoms. The number of halogens is 1. The van der Waals surface area contributed by atoms with Crippen molar-refractivity contribution in [1.82, 2.24) is 4.90 Å². The van der Waals surface area contributed by atoms with Crippen molar-refractivity contribution in [2.75, 3.05) is 13.1 Å². The van der Waals surface area contributed by atoms with Crippen LogP contribution in [0.2, 0.25) is 5.02 Å². The zero-order chi connectivity index (χ0) is 13.0. The van der Waals surface area contributed by atoms with Gasteiger partial charge in [-0.1, -0.05) is 11.6 Å². The molecule has 0 atom stereocenters. The monoisotopic (exact) mass is 254 g/mol. The Morgan fingerprint density at radius 3 is 2.47 bits per heavy atom. The molecule has 1 aromatic carbocycles. The summed E-state index contributed by atoms with van der Waals surface area (Å²) in [6, 6.07) is 5.08. The lowest BCUT2D eigenvalue weighted by Crippen LogP contribution is -2.38. The van der Waals surface area contributed by atoms with E-state index in [1.807, 2.05) is 6.92 Å². The second kappa shape index (κ2) is 5.68. The van der Waals surface area contributed by atoms with E-state index in [-0.39, 0.29) is 12.5 Å². The summed E-state index contributed by atoms with van der Waals surface area (Å²) in [6.45, 7) is 3.99. The summed E-state index contributed by atoms with van der Waals surface area (Å²) in [5, 5.41) is 0.503. The second-order valence-electron chi connectivity index (χ2n) is 3.80. The van der Waals surface area contributed by atoms with E-state index in [1.165, 1.54) is 4.90 Å². The van der Waals surface area contributed by atoms with Crippen LogP contribution in [-0.2, 0) is 4.79 Å². The lowest BCUT2D eigenvalue weighted by molar-refractivity contribution is -0.118. The van der Waals surface area contributed by atoms with E-state index < -0.39 is 5.91 Å². The van der Waals surface area contributed by atoms with Gasteiger partial charge in [0.25, 0.3) is 5.91 Å². The van der Waals surface area contributed by atoms with Crippen molar-refractivity contribution in [1.29, 1.82) is 0 Å². The molecule has 17 heavy (non-hydrogen) atoms. The van der Waals surface area contributed by atoms with Gasteiger partial charge in [0.1, 0.15) is 0 Å². The van der Waals surface area contributed by atoms with Crippen LogP contribution in [0.3, 0.4) is 0 Å². The maximum absolute atomic E-state index is 12.1. The Kier molecular flexibility index (Phi) is 4.52. The van der Waals surface area contributed by atoms with Crippen molar-refractivity contribution in [3.8, 4) is 0 Å². The molecule has 0 fully saturated rings. The topological polar surface area (TPSA) is 63.4 Å². The molecule has 92 valence electrons. The minimum absolute atomic E-state index is 0.0824. The lowest BCUT2D eigenvalue weighted by Gasteiger charge is -2.19. The number of amides is 2. The van der Waals surface area contributed by atoms with Gasteiger partial charge in [0.05, 0.1) is 6.54 Å². The summed E-state index contributed by atoms with van der Waals surface area (Å²) in [5.74, 6) is -0.768. The minimum Gasteiger partial charge on any atom is -0.368 e. The van der Waals surface area contributed by atoms with Crippen LogP contribution in [0.5, 0.6) is 0 Å². The summed E-state index contributed by atoms with van der Waals surface area (Å²) in [4.78, 5) is 24.3. The van der Waals surface area contributed by atoms with E-state index in [9.17, 15) is 9.59 Å². The summed E-state index contributed by atoms with van der Waals surface area (Å²) in [7, 11) is 0. The smallest absolute Gasteiger partial charge is 0.254 e. The number of primary amides is 1. The highest BCUT2D eigenvalue weighted by molar-refractivity contribution is 6.31. The van der Waals surface area contributed by atoms with Crippen LogP contribution in [0.4, 0.5) is 0 Å². The number of aryl methyl sites for hydroxylation is 1. The predicted octanol–water partition coefficient (Wildman–Crippen LogP) is 1.60. The largest absolute Gasteiger partial charge is 0.368 e. The van der Waals surface area contributed by atoms with Gasteiger partial charge in [-0.2, -0.15) is 0 Å². The Morgan fingerprint density at radius 1 is 1.35 bits per heavy atom. The fourth-order valence-corrected chi connectivity index (χ4v) is 1.85. The maximum atomic E-state index is 12.1. The Labute approximate surface area is 105 Å². The van der Waals surface area contributed by atoms with Gasteiger partial charge in [0.2, 0.25) is 5.91 Å². The van der Waals surface area contributed by atoms with Crippen molar-refractivity contribution in [2.45, 2.75) is 13.8 Å². The molecular weight excluding hydrogens is 240 g/mol. The number of carbonyl (C=O) groups is 2. The Morgan fingerprint density at radius 2 is 2.00 bits per heavy atom. The van der Waals surface area contributed by atoms with Crippen molar-refractivity contribution >= 4 is 23.4 Å². The lowest BCUT2D eigenvalue weighted by atomic mass is 10.1. The zero-order valence-corrected chi connectivity index (χ0v) is 10.6. The van der Waals surface area contributed by atoms with Crippen LogP contribution >= 0.6 is 11.6 Å².